The van der Waals surface area contributed by atoms with Crippen LogP contribution in [0.25, 0.3) is 0 Å². The van der Waals surface area contributed by atoms with E-state index in [1.54, 1.807) is 0 Å². The number of anilines is 2. The van der Waals surface area contributed by atoms with Gasteiger partial charge < -0.3 is 9.80 Å². The van der Waals surface area contributed by atoms with Crippen LogP contribution in [0, 0.1) is 5.92 Å². The normalized spacial score (nSPS) is 20.2. The van der Waals surface area contributed by atoms with Gasteiger partial charge in [-0.05, 0) is 68.6 Å². The van der Waals surface area contributed by atoms with E-state index in [0.717, 1.165) is 12.5 Å². The maximum Gasteiger partial charge on any atom is 0.0555 e. The molecule has 132 valence electrons. The van der Waals surface area contributed by atoms with Crippen LogP contribution in [-0.2, 0) is 6.42 Å². The van der Waals surface area contributed by atoms with Crippen molar-refractivity contribution in [2.45, 2.75) is 42.4 Å². The molecule has 25 heavy (non-hydrogen) atoms. The standard InChI is InChI=1S/C22H28N2S/c1-3-7-17-11-12-22-20(14-17)24(16-18-8-6-13-23(2)15-18)19-9-4-5-10-21(19)25-22/h4-5,9-12,14,18H,3,6-8,13,15-16H2,1-2H3. The third kappa shape index (κ3) is 3.58. The Bertz CT molecular complexity index is 743. The molecule has 0 amide bonds. The third-order valence-corrected chi connectivity index (χ3v) is 6.52. The Morgan fingerprint density at radius 2 is 1.92 bits per heavy atom. The van der Waals surface area contributed by atoms with Gasteiger partial charge in [0.25, 0.3) is 0 Å². The fourth-order valence-corrected chi connectivity index (χ4v) is 5.27. The Morgan fingerprint density at radius 3 is 2.76 bits per heavy atom. The molecule has 0 saturated carbocycles. The summed E-state index contributed by atoms with van der Waals surface area (Å²) in [7, 11) is 2.26. The van der Waals surface area contributed by atoms with Crippen molar-refractivity contribution >= 4 is 23.1 Å². The summed E-state index contributed by atoms with van der Waals surface area (Å²) in [6.45, 7) is 5.86. The first-order chi connectivity index (χ1) is 12.2. The summed E-state index contributed by atoms with van der Waals surface area (Å²) in [4.78, 5) is 7.89. The van der Waals surface area contributed by atoms with Crippen molar-refractivity contribution in [1.82, 2.24) is 4.90 Å². The highest BCUT2D eigenvalue weighted by Crippen LogP contribution is 2.48. The second-order valence-corrected chi connectivity index (χ2v) is 8.59. The average molecular weight is 353 g/mol. The molecule has 1 unspecified atom stereocenters. The van der Waals surface area contributed by atoms with Gasteiger partial charge in [0.2, 0.25) is 0 Å². The first-order valence-electron chi connectivity index (χ1n) is 9.60. The molecule has 2 nitrogen and oxygen atoms in total. The van der Waals surface area contributed by atoms with E-state index < -0.39 is 0 Å². The van der Waals surface area contributed by atoms with Crippen LogP contribution in [0.3, 0.4) is 0 Å². The van der Waals surface area contributed by atoms with Gasteiger partial charge in [-0.2, -0.15) is 0 Å². The lowest BCUT2D eigenvalue weighted by Crippen LogP contribution is -2.38. The number of piperidine rings is 1. The van der Waals surface area contributed by atoms with E-state index in [1.165, 1.54) is 65.5 Å². The van der Waals surface area contributed by atoms with Crippen LogP contribution in [0.1, 0.15) is 31.7 Å². The third-order valence-electron chi connectivity index (χ3n) is 5.39. The van der Waals surface area contributed by atoms with Crippen molar-refractivity contribution in [2.24, 2.45) is 5.92 Å². The second kappa shape index (κ2) is 7.43. The average Bonchev–Trinajstić information content (AvgIpc) is 2.62. The molecule has 1 saturated heterocycles. The number of hydrogen-bond donors (Lipinski definition) is 0. The van der Waals surface area contributed by atoms with E-state index in [9.17, 15) is 0 Å². The monoisotopic (exact) mass is 352 g/mol. The minimum atomic E-state index is 0.748. The Balaban J connectivity index is 1.69. The van der Waals surface area contributed by atoms with Crippen molar-refractivity contribution in [3.63, 3.8) is 0 Å². The van der Waals surface area contributed by atoms with Crippen molar-refractivity contribution in [3.8, 4) is 0 Å². The highest BCUT2D eigenvalue weighted by atomic mass is 32.2. The molecule has 0 aliphatic carbocycles. The molecule has 2 heterocycles. The summed E-state index contributed by atoms with van der Waals surface area (Å²) in [6, 6.07) is 16.0. The molecule has 0 aromatic heterocycles. The van der Waals surface area contributed by atoms with Crippen LogP contribution in [0.15, 0.2) is 52.3 Å². The fourth-order valence-electron chi connectivity index (χ4n) is 4.20. The van der Waals surface area contributed by atoms with Gasteiger partial charge in [-0.25, -0.2) is 0 Å². The first-order valence-corrected chi connectivity index (χ1v) is 10.4. The van der Waals surface area contributed by atoms with E-state index in [0.29, 0.717) is 0 Å². The Kier molecular flexibility index (Phi) is 5.05. The zero-order valence-corrected chi connectivity index (χ0v) is 16.2. The van der Waals surface area contributed by atoms with Crippen LogP contribution < -0.4 is 4.90 Å². The molecule has 2 aliphatic heterocycles. The number of likely N-dealkylation sites (tertiary alicyclic amines) is 1. The molecule has 2 aliphatic rings. The lowest BCUT2D eigenvalue weighted by atomic mass is 9.97. The van der Waals surface area contributed by atoms with Gasteiger partial charge in [-0.3, -0.25) is 0 Å². The summed E-state index contributed by atoms with van der Waals surface area (Å²) < 4.78 is 0. The Morgan fingerprint density at radius 1 is 1.08 bits per heavy atom. The number of para-hydroxylation sites is 1. The summed E-state index contributed by atoms with van der Waals surface area (Å²) in [6.07, 6.45) is 5.05. The van der Waals surface area contributed by atoms with Crippen LogP contribution >= 0.6 is 11.8 Å². The van der Waals surface area contributed by atoms with E-state index in [4.69, 9.17) is 0 Å². The molecule has 0 spiro atoms. The van der Waals surface area contributed by atoms with Gasteiger partial charge >= 0.3 is 0 Å². The minimum absolute atomic E-state index is 0.748. The number of hydrogen-bond acceptors (Lipinski definition) is 3. The Hall–Kier alpha value is -1.45. The molecule has 2 aromatic rings. The molecular formula is C22H28N2S. The first kappa shape index (κ1) is 17.0. The van der Waals surface area contributed by atoms with Gasteiger partial charge in [-0.1, -0.05) is 43.3 Å². The summed E-state index contributed by atoms with van der Waals surface area (Å²) >= 11 is 1.92. The zero-order valence-electron chi connectivity index (χ0n) is 15.4. The molecule has 0 bridgehead atoms. The van der Waals surface area contributed by atoms with Gasteiger partial charge in [0.15, 0.2) is 0 Å². The van der Waals surface area contributed by atoms with Gasteiger partial charge in [0.1, 0.15) is 0 Å². The van der Waals surface area contributed by atoms with Crippen molar-refractivity contribution < 1.29 is 0 Å². The predicted octanol–water partition coefficient (Wildman–Crippen LogP) is 5.58. The van der Waals surface area contributed by atoms with E-state index in [-0.39, 0.29) is 0 Å². The molecule has 3 heteroatoms. The maximum atomic E-state index is 2.60. The molecule has 4 rings (SSSR count). The quantitative estimate of drug-likeness (QED) is 0.709. The highest BCUT2D eigenvalue weighted by molar-refractivity contribution is 7.99. The smallest absolute Gasteiger partial charge is 0.0555 e. The maximum absolute atomic E-state index is 2.60. The van der Waals surface area contributed by atoms with Crippen molar-refractivity contribution in [1.29, 1.82) is 0 Å². The van der Waals surface area contributed by atoms with E-state index in [1.807, 2.05) is 11.8 Å². The predicted molar refractivity (Wildman–Crippen MR) is 108 cm³/mol. The molecule has 1 fully saturated rings. The van der Waals surface area contributed by atoms with Gasteiger partial charge in [0, 0.05) is 22.9 Å². The molecule has 1 atom stereocenters. The molecule has 0 N–H and O–H groups in total. The summed E-state index contributed by atoms with van der Waals surface area (Å²) in [5.41, 5.74) is 4.27. The van der Waals surface area contributed by atoms with Crippen LogP contribution in [0.2, 0.25) is 0 Å². The SMILES string of the molecule is CCCc1ccc2c(c1)N(CC1CCCN(C)C1)c1ccccc1S2. The second-order valence-electron chi connectivity index (χ2n) is 7.50. The number of benzene rings is 2. The molecular weight excluding hydrogens is 324 g/mol. The van der Waals surface area contributed by atoms with E-state index in [2.05, 4.69) is 66.2 Å². The number of nitrogens with zero attached hydrogens (tertiary/aromatic N) is 2. The number of aryl methyl sites for hydroxylation is 1. The van der Waals surface area contributed by atoms with Gasteiger partial charge in [0.05, 0.1) is 11.4 Å². The number of rotatable bonds is 4. The highest BCUT2D eigenvalue weighted by Gasteiger charge is 2.27. The fraction of sp³-hybridized carbons (Fsp3) is 0.455. The summed E-state index contributed by atoms with van der Waals surface area (Å²) in [5, 5.41) is 0. The van der Waals surface area contributed by atoms with Crippen LogP contribution in [0.5, 0.6) is 0 Å². The topological polar surface area (TPSA) is 6.48 Å². The lowest BCUT2D eigenvalue weighted by Gasteiger charge is -2.38. The number of fused-ring (bicyclic) bond motifs is 2. The molecule has 0 radical (unpaired) electrons. The van der Waals surface area contributed by atoms with Crippen molar-refractivity contribution in [2.75, 3.05) is 31.6 Å². The Labute approximate surface area is 156 Å². The van der Waals surface area contributed by atoms with Crippen LogP contribution in [-0.4, -0.2) is 31.6 Å². The summed E-state index contributed by atoms with van der Waals surface area (Å²) in [5.74, 6) is 0.748. The zero-order chi connectivity index (χ0) is 17.2. The molecule has 2 aromatic carbocycles. The van der Waals surface area contributed by atoms with Crippen LogP contribution in [0.4, 0.5) is 11.4 Å². The van der Waals surface area contributed by atoms with E-state index >= 15 is 0 Å². The minimum Gasteiger partial charge on any atom is -0.339 e. The van der Waals surface area contributed by atoms with Gasteiger partial charge in [-0.15, -0.1) is 0 Å². The largest absolute Gasteiger partial charge is 0.339 e. The van der Waals surface area contributed by atoms with Crippen molar-refractivity contribution in [3.05, 3.63) is 48.0 Å². The lowest BCUT2D eigenvalue weighted by molar-refractivity contribution is 0.214.